The van der Waals surface area contributed by atoms with E-state index in [1.165, 1.54) is 10.9 Å². The number of aromatic nitrogens is 2. The lowest BCUT2D eigenvalue weighted by atomic mass is 9.70. The quantitative estimate of drug-likeness (QED) is 0.806. The maximum Gasteiger partial charge on any atom is 0.387 e. The predicted molar refractivity (Wildman–Crippen MR) is 90.2 cm³/mol. The molecule has 0 spiro atoms. The molecule has 1 aromatic heterocycles. The van der Waals surface area contributed by atoms with Crippen LogP contribution in [0.4, 0.5) is 8.78 Å². The topological polar surface area (TPSA) is 70.1 Å². The van der Waals surface area contributed by atoms with Crippen LogP contribution in [0.25, 0.3) is 0 Å². The Balaban J connectivity index is 2.45. The number of nitrogens with zero attached hydrogens (tertiary/aromatic N) is 2. The summed E-state index contributed by atoms with van der Waals surface area (Å²) in [4.78, 5) is 0. The van der Waals surface area contributed by atoms with Crippen LogP contribution in [0.3, 0.4) is 0 Å². The molecule has 2 N–H and O–H groups in total. The van der Waals surface area contributed by atoms with Gasteiger partial charge in [0.25, 0.3) is 0 Å². The molecule has 0 bridgehead atoms. The second-order valence-corrected chi connectivity index (χ2v) is 9.31. The van der Waals surface area contributed by atoms with Crippen LogP contribution in [-0.2, 0) is 18.0 Å². The van der Waals surface area contributed by atoms with Crippen LogP contribution < -0.4 is 9.88 Å². The molecule has 2 atom stereocenters. The summed E-state index contributed by atoms with van der Waals surface area (Å²) in [5.41, 5.74) is 0.423. The van der Waals surface area contributed by atoms with Crippen molar-refractivity contribution >= 4 is 11.0 Å². The van der Waals surface area contributed by atoms with Crippen molar-refractivity contribution in [2.75, 3.05) is 0 Å². The molecule has 0 saturated heterocycles. The minimum atomic E-state index is -2.90. The lowest BCUT2D eigenvalue weighted by Crippen LogP contribution is -2.37. The third kappa shape index (κ3) is 4.14. The van der Waals surface area contributed by atoms with Gasteiger partial charge in [0.15, 0.2) is 5.75 Å². The van der Waals surface area contributed by atoms with E-state index in [4.69, 9.17) is 9.88 Å². The Morgan fingerprint density at radius 3 is 2.54 bits per heavy atom. The van der Waals surface area contributed by atoms with Gasteiger partial charge in [0, 0.05) is 13.0 Å². The number of rotatable bonds is 7. The third-order valence-corrected chi connectivity index (χ3v) is 6.45. The molecule has 0 radical (unpaired) electrons. The summed E-state index contributed by atoms with van der Waals surface area (Å²) in [6.07, 6.45) is 6.13. The summed E-state index contributed by atoms with van der Waals surface area (Å²) in [6, 6.07) is 0. The maximum absolute atomic E-state index is 12.8. The van der Waals surface area contributed by atoms with Gasteiger partial charge in [0.2, 0.25) is 0 Å². The summed E-state index contributed by atoms with van der Waals surface area (Å²) in [7, 11) is 0.160. The van der Waals surface area contributed by atoms with Crippen molar-refractivity contribution in [2.45, 2.75) is 70.2 Å². The van der Waals surface area contributed by atoms with Crippen molar-refractivity contribution in [1.82, 2.24) is 9.78 Å². The summed E-state index contributed by atoms with van der Waals surface area (Å²) in [5, 5.41) is 10.1. The average molecular weight is 363 g/mol. The minimum absolute atomic E-state index is 0.0920. The molecule has 1 aromatic rings. The highest BCUT2D eigenvalue weighted by molar-refractivity contribution is 7.84. The van der Waals surface area contributed by atoms with Crippen LogP contribution in [-0.4, -0.2) is 25.3 Å². The Kier molecular flexibility index (Phi) is 5.69. The van der Waals surface area contributed by atoms with E-state index < -0.39 is 22.3 Å². The van der Waals surface area contributed by atoms with Crippen LogP contribution in [0.1, 0.15) is 64.5 Å². The second kappa shape index (κ2) is 7.07. The first-order chi connectivity index (χ1) is 11.0. The number of ether oxygens (including phenoxy) is 1. The molecule has 1 saturated carbocycles. The first-order valence-corrected chi connectivity index (χ1v) is 9.41. The number of hydrogen-bond acceptors (Lipinski definition) is 3. The molecule has 1 fully saturated rings. The molecule has 1 heterocycles. The molecular weight excluding hydrogens is 336 g/mol. The largest absolute Gasteiger partial charge is 0.431 e. The van der Waals surface area contributed by atoms with Crippen molar-refractivity contribution < 1.29 is 17.7 Å². The molecule has 24 heavy (non-hydrogen) atoms. The monoisotopic (exact) mass is 363 g/mol. The standard InChI is InChI=1S/C16H27F2N3O2S/c1-15(2,24(19)22)9-11(16(3)7-5-6-8-16)13-12(23-14(17)18)10-21(4)20-13/h10-11,14H,5-9,19H2,1-4H3/t11-,24?/m0/s1. The minimum Gasteiger partial charge on any atom is -0.431 e. The van der Waals surface area contributed by atoms with E-state index in [9.17, 15) is 13.0 Å². The van der Waals surface area contributed by atoms with Crippen molar-refractivity contribution in [3.8, 4) is 5.75 Å². The SMILES string of the molecule is Cn1cc(OC(F)F)c([C@H](CC(C)(C)S(N)=O)C2(C)CCCC2)n1. The number of aryl methyl sites for hydroxylation is 1. The molecule has 5 nitrogen and oxygen atoms in total. The van der Waals surface area contributed by atoms with Crippen molar-refractivity contribution in [3.05, 3.63) is 11.9 Å². The highest BCUT2D eigenvalue weighted by atomic mass is 32.2. The Morgan fingerprint density at radius 2 is 2.04 bits per heavy atom. The van der Waals surface area contributed by atoms with E-state index >= 15 is 0 Å². The number of nitrogens with two attached hydrogens (primary N) is 1. The molecule has 138 valence electrons. The van der Waals surface area contributed by atoms with Gasteiger partial charge in [0.05, 0.1) is 21.9 Å². The molecular formula is C16H27F2N3O2S. The first-order valence-electron chi connectivity index (χ1n) is 8.20. The molecule has 8 heteroatoms. The number of alkyl halides is 2. The van der Waals surface area contributed by atoms with Gasteiger partial charge in [-0.3, -0.25) is 9.82 Å². The first kappa shape index (κ1) is 19.3. The summed E-state index contributed by atoms with van der Waals surface area (Å²) in [5.74, 6) is -0.0401. The zero-order valence-electron chi connectivity index (χ0n) is 14.7. The van der Waals surface area contributed by atoms with Gasteiger partial charge in [-0.2, -0.15) is 13.9 Å². The zero-order chi connectivity index (χ0) is 18.1. The summed E-state index contributed by atoms with van der Waals surface area (Å²) >= 11 is 0. The van der Waals surface area contributed by atoms with Crippen LogP contribution >= 0.6 is 0 Å². The van der Waals surface area contributed by atoms with Gasteiger partial charge in [-0.05, 0) is 38.5 Å². The van der Waals surface area contributed by atoms with Gasteiger partial charge in [-0.25, -0.2) is 4.21 Å². The molecule has 0 aromatic carbocycles. The van der Waals surface area contributed by atoms with Crippen molar-refractivity contribution in [3.63, 3.8) is 0 Å². The molecule has 0 amide bonds. The van der Waals surface area contributed by atoms with E-state index in [0.717, 1.165) is 25.7 Å². The van der Waals surface area contributed by atoms with E-state index in [1.54, 1.807) is 7.05 Å². The molecule has 1 aliphatic carbocycles. The Morgan fingerprint density at radius 1 is 1.46 bits per heavy atom. The summed E-state index contributed by atoms with van der Waals surface area (Å²) in [6.45, 7) is 2.93. The van der Waals surface area contributed by atoms with Crippen molar-refractivity contribution in [2.24, 2.45) is 17.6 Å². The lowest BCUT2D eigenvalue weighted by Gasteiger charge is -2.37. The van der Waals surface area contributed by atoms with Crippen LogP contribution in [0.5, 0.6) is 5.75 Å². The smallest absolute Gasteiger partial charge is 0.387 e. The lowest BCUT2D eigenvalue weighted by molar-refractivity contribution is -0.0511. The Bertz CT molecular complexity index is 598. The molecule has 1 unspecified atom stereocenters. The fraction of sp³-hybridized carbons (Fsp3) is 0.812. The Labute approximate surface area is 144 Å². The van der Waals surface area contributed by atoms with E-state index in [2.05, 4.69) is 12.0 Å². The highest BCUT2D eigenvalue weighted by Gasteiger charge is 2.44. The summed E-state index contributed by atoms with van der Waals surface area (Å²) < 4.78 is 43.1. The van der Waals surface area contributed by atoms with E-state index in [1.807, 2.05) is 13.8 Å². The zero-order valence-corrected chi connectivity index (χ0v) is 15.5. The van der Waals surface area contributed by atoms with Gasteiger partial charge in [-0.15, -0.1) is 0 Å². The van der Waals surface area contributed by atoms with E-state index in [-0.39, 0.29) is 17.1 Å². The van der Waals surface area contributed by atoms with Crippen LogP contribution in [0.2, 0.25) is 0 Å². The van der Waals surface area contributed by atoms with Gasteiger partial charge in [0.1, 0.15) is 5.69 Å². The number of hydrogen-bond donors (Lipinski definition) is 1. The van der Waals surface area contributed by atoms with Gasteiger partial charge < -0.3 is 4.74 Å². The van der Waals surface area contributed by atoms with Crippen LogP contribution in [0.15, 0.2) is 6.20 Å². The predicted octanol–water partition coefficient (Wildman–Crippen LogP) is 3.48. The van der Waals surface area contributed by atoms with Crippen LogP contribution in [0, 0.1) is 5.41 Å². The fourth-order valence-corrected chi connectivity index (χ4v) is 4.02. The van der Waals surface area contributed by atoms with Gasteiger partial charge in [-0.1, -0.05) is 19.8 Å². The highest BCUT2D eigenvalue weighted by Crippen LogP contribution is 2.53. The number of halogens is 2. The molecule has 0 aliphatic heterocycles. The van der Waals surface area contributed by atoms with Gasteiger partial charge >= 0.3 is 6.61 Å². The normalized spacial score (nSPS) is 20.3. The Hall–Kier alpha value is -1.02. The molecule has 1 aliphatic rings. The van der Waals surface area contributed by atoms with Crippen molar-refractivity contribution in [1.29, 1.82) is 0 Å². The van der Waals surface area contributed by atoms with E-state index in [0.29, 0.717) is 12.1 Å². The second-order valence-electron chi connectivity index (χ2n) is 7.61. The third-order valence-electron chi connectivity index (χ3n) is 5.20. The molecule has 2 rings (SSSR count). The average Bonchev–Trinajstić information content (AvgIpc) is 3.02. The fourth-order valence-electron chi connectivity index (χ4n) is 3.69. The maximum atomic E-state index is 12.8.